The minimum atomic E-state index is -1.51. The zero-order chi connectivity index (χ0) is 19.2. The Kier molecular flexibility index (Phi) is 4.43. The lowest BCUT2D eigenvalue weighted by Crippen LogP contribution is -2.72. The maximum Gasteiger partial charge on any atom is 0.414 e. The molecule has 138 valence electrons. The van der Waals surface area contributed by atoms with Crippen molar-refractivity contribution in [3.05, 3.63) is 35.9 Å². The molecule has 0 aliphatic carbocycles. The zero-order valence-corrected chi connectivity index (χ0v) is 15.0. The molecule has 0 saturated carbocycles. The molecule has 0 aromatic heterocycles. The fourth-order valence-corrected chi connectivity index (χ4v) is 5.14. The van der Waals surface area contributed by atoms with E-state index in [1.54, 1.807) is 44.2 Å². The molecule has 2 fully saturated rings. The maximum absolute atomic E-state index is 12.5. The van der Waals surface area contributed by atoms with Gasteiger partial charge in [-0.25, -0.2) is 14.5 Å². The minimum absolute atomic E-state index is 0.153. The lowest BCUT2D eigenvalue weighted by atomic mass is 9.95. The highest BCUT2D eigenvalue weighted by molar-refractivity contribution is 8.01. The number of β-lactam (4-membered cyclic amide) rings is 1. The van der Waals surface area contributed by atoms with Crippen LogP contribution in [0.15, 0.2) is 30.3 Å². The summed E-state index contributed by atoms with van der Waals surface area (Å²) in [6.07, 6.45) is -1.67. The fourth-order valence-electron chi connectivity index (χ4n) is 3.47. The number of carbonyl (C=O) groups is 4. The molecule has 1 aromatic carbocycles. The Morgan fingerprint density at radius 3 is 2.35 bits per heavy atom. The summed E-state index contributed by atoms with van der Waals surface area (Å²) in [5.74, 6) is -2.50. The van der Waals surface area contributed by atoms with Crippen LogP contribution in [0.3, 0.4) is 0 Å². The first-order valence-corrected chi connectivity index (χ1v) is 8.85. The minimum Gasteiger partial charge on any atom is -0.480 e. The van der Waals surface area contributed by atoms with Gasteiger partial charge in [-0.1, -0.05) is 30.3 Å². The zero-order valence-electron chi connectivity index (χ0n) is 14.2. The first-order valence-electron chi connectivity index (χ1n) is 7.97. The number of imide groups is 1. The van der Waals surface area contributed by atoms with Crippen molar-refractivity contribution in [1.29, 1.82) is 0 Å². The Morgan fingerprint density at radius 2 is 1.81 bits per heavy atom. The summed E-state index contributed by atoms with van der Waals surface area (Å²) in [7, 11) is 0. The number of aliphatic carboxylic acids is 1. The lowest BCUT2D eigenvalue weighted by Gasteiger charge is -2.46. The van der Waals surface area contributed by atoms with E-state index in [2.05, 4.69) is 0 Å². The molecule has 1 aromatic rings. The van der Waals surface area contributed by atoms with E-state index in [1.165, 1.54) is 16.7 Å². The summed E-state index contributed by atoms with van der Waals surface area (Å²) >= 11 is 1.20. The van der Waals surface area contributed by atoms with Crippen molar-refractivity contribution in [3.8, 4) is 0 Å². The standard InChI is InChI=1S/C17H18N2O6S/c1-17(2)12(15(22)23)19-13(21)11(14(19)26-17)18(16(24)25)10(20)8-9-6-4-3-5-7-9/h3-7,11-12,14H,8H2,1-2H3,(H,22,23)(H,24,25)/t11?,12?,14-/m1/s1. The van der Waals surface area contributed by atoms with Gasteiger partial charge in [-0.15, -0.1) is 11.8 Å². The quantitative estimate of drug-likeness (QED) is 0.758. The monoisotopic (exact) mass is 378 g/mol. The number of rotatable bonds is 4. The van der Waals surface area contributed by atoms with Gasteiger partial charge in [0.05, 0.1) is 6.42 Å². The molecule has 0 bridgehead atoms. The molecule has 3 rings (SSSR count). The van der Waals surface area contributed by atoms with Crippen molar-refractivity contribution >= 4 is 35.6 Å². The number of hydrogen-bond acceptors (Lipinski definition) is 5. The summed E-state index contributed by atoms with van der Waals surface area (Å²) in [5.41, 5.74) is 0.634. The molecule has 2 N–H and O–H groups in total. The molecule has 26 heavy (non-hydrogen) atoms. The van der Waals surface area contributed by atoms with Gasteiger partial charge in [0, 0.05) is 4.75 Å². The van der Waals surface area contributed by atoms with Crippen LogP contribution in [-0.4, -0.2) is 66.1 Å². The van der Waals surface area contributed by atoms with E-state index in [0.717, 1.165) is 0 Å². The number of benzene rings is 1. The molecule has 8 nitrogen and oxygen atoms in total. The summed E-state index contributed by atoms with van der Waals surface area (Å²) in [6, 6.07) is 6.38. The van der Waals surface area contributed by atoms with Crippen LogP contribution in [0.2, 0.25) is 0 Å². The second-order valence-corrected chi connectivity index (χ2v) is 8.52. The Labute approximate surface area is 153 Å². The van der Waals surface area contributed by atoms with E-state index >= 15 is 0 Å². The lowest BCUT2D eigenvalue weighted by molar-refractivity contribution is -0.166. The number of carboxylic acids is 1. The van der Waals surface area contributed by atoms with Gasteiger partial charge >= 0.3 is 12.1 Å². The van der Waals surface area contributed by atoms with Gasteiger partial charge in [0.1, 0.15) is 11.4 Å². The third kappa shape index (κ3) is 2.82. The third-order valence-electron chi connectivity index (χ3n) is 4.60. The number of nitrogens with zero attached hydrogens (tertiary/aromatic N) is 2. The van der Waals surface area contributed by atoms with Crippen LogP contribution in [0.1, 0.15) is 19.4 Å². The van der Waals surface area contributed by atoms with Crippen LogP contribution >= 0.6 is 11.8 Å². The van der Waals surface area contributed by atoms with Crippen molar-refractivity contribution in [2.24, 2.45) is 0 Å². The molecule has 0 spiro atoms. The van der Waals surface area contributed by atoms with Gasteiger partial charge < -0.3 is 15.1 Å². The molecule has 2 aliphatic rings. The summed E-state index contributed by atoms with van der Waals surface area (Å²) in [4.78, 5) is 50.0. The molecule has 2 unspecified atom stereocenters. The van der Waals surface area contributed by atoms with Crippen molar-refractivity contribution in [1.82, 2.24) is 9.80 Å². The molecule has 2 heterocycles. The highest BCUT2D eigenvalue weighted by Gasteiger charge is 2.66. The van der Waals surface area contributed by atoms with Crippen LogP contribution in [0.4, 0.5) is 4.79 Å². The second-order valence-electron chi connectivity index (χ2n) is 6.75. The fraction of sp³-hybridized carbons (Fsp3) is 0.412. The van der Waals surface area contributed by atoms with Crippen LogP contribution in [0.25, 0.3) is 0 Å². The Morgan fingerprint density at radius 1 is 1.19 bits per heavy atom. The number of thioether (sulfide) groups is 1. The molecule has 2 aliphatic heterocycles. The Hall–Kier alpha value is -2.55. The highest BCUT2D eigenvalue weighted by Crippen LogP contribution is 2.52. The molecule has 2 saturated heterocycles. The summed E-state index contributed by atoms with van der Waals surface area (Å²) < 4.78 is -0.784. The number of hydrogen-bond donors (Lipinski definition) is 2. The number of amides is 3. The average Bonchev–Trinajstić information content (AvgIpc) is 2.81. The van der Waals surface area contributed by atoms with E-state index in [0.29, 0.717) is 10.5 Å². The topological polar surface area (TPSA) is 115 Å². The van der Waals surface area contributed by atoms with Crippen LogP contribution in [-0.2, 0) is 20.8 Å². The van der Waals surface area contributed by atoms with E-state index in [9.17, 15) is 29.4 Å². The third-order valence-corrected chi connectivity index (χ3v) is 6.16. The number of carbonyl (C=O) groups excluding carboxylic acids is 2. The van der Waals surface area contributed by atoms with Crippen molar-refractivity contribution in [2.45, 2.75) is 42.5 Å². The predicted molar refractivity (Wildman–Crippen MR) is 92.5 cm³/mol. The van der Waals surface area contributed by atoms with Gasteiger partial charge in [0.2, 0.25) is 5.91 Å². The number of fused-ring (bicyclic) bond motifs is 1. The van der Waals surface area contributed by atoms with Crippen molar-refractivity contribution in [3.63, 3.8) is 0 Å². The van der Waals surface area contributed by atoms with Crippen LogP contribution in [0, 0.1) is 0 Å². The van der Waals surface area contributed by atoms with Gasteiger partial charge in [-0.2, -0.15) is 0 Å². The largest absolute Gasteiger partial charge is 0.480 e. The smallest absolute Gasteiger partial charge is 0.414 e. The van der Waals surface area contributed by atoms with E-state index in [-0.39, 0.29) is 6.42 Å². The summed E-state index contributed by atoms with van der Waals surface area (Å²) in [5, 5.41) is 18.2. The van der Waals surface area contributed by atoms with Crippen molar-refractivity contribution < 1.29 is 29.4 Å². The van der Waals surface area contributed by atoms with E-state index < -0.39 is 46.1 Å². The molecule has 3 atom stereocenters. The second kappa shape index (κ2) is 6.31. The Bertz CT molecular complexity index is 781. The average molecular weight is 378 g/mol. The van der Waals surface area contributed by atoms with E-state index in [1.807, 2.05) is 0 Å². The van der Waals surface area contributed by atoms with Gasteiger partial charge in [-0.05, 0) is 19.4 Å². The molecular weight excluding hydrogens is 360 g/mol. The van der Waals surface area contributed by atoms with Gasteiger partial charge in [0.15, 0.2) is 6.04 Å². The van der Waals surface area contributed by atoms with E-state index in [4.69, 9.17) is 0 Å². The maximum atomic E-state index is 12.5. The van der Waals surface area contributed by atoms with Gasteiger partial charge in [-0.3, -0.25) is 9.59 Å². The van der Waals surface area contributed by atoms with Crippen LogP contribution < -0.4 is 0 Å². The first-order chi connectivity index (χ1) is 12.1. The Balaban J connectivity index is 1.84. The molecule has 9 heteroatoms. The molecule has 3 amide bonds. The van der Waals surface area contributed by atoms with Crippen molar-refractivity contribution in [2.75, 3.05) is 0 Å². The SMILES string of the molecule is CC1(C)S[C@@H]2C(N(C(=O)O)C(=O)Cc3ccccc3)C(=O)N2C1C(=O)O. The predicted octanol–water partition coefficient (Wildman–Crippen LogP) is 1.25. The van der Waals surface area contributed by atoms with Crippen LogP contribution in [0.5, 0.6) is 0 Å². The molecule has 0 radical (unpaired) electrons. The highest BCUT2D eigenvalue weighted by atomic mass is 32.2. The summed E-state index contributed by atoms with van der Waals surface area (Å²) in [6.45, 7) is 3.38. The normalized spacial score (nSPS) is 26.0. The van der Waals surface area contributed by atoms with Gasteiger partial charge in [0.25, 0.3) is 5.91 Å². The molecular formula is C17H18N2O6S. The number of carboxylic acid groups (broad SMARTS) is 2. The first kappa shape index (κ1) is 18.2.